The number of anilines is 1. The Labute approximate surface area is 91.4 Å². The van der Waals surface area contributed by atoms with E-state index >= 15 is 0 Å². The molecule has 0 aromatic carbocycles. The molecule has 1 amide bonds. The standard InChI is InChI=1S/C9H9N2O4P/c12-9(16(13,14)15)11-6-2-4-7-3-1-5-10-8(7)11/h1-5H,6H2,(H2,13,14,15). The molecule has 0 saturated heterocycles. The van der Waals surface area contributed by atoms with Crippen molar-refractivity contribution < 1.29 is 19.1 Å². The summed E-state index contributed by atoms with van der Waals surface area (Å²) < 4.78 is 10.9. The van der Waals surface area contributed by atoms with Gasteiger partial charge in [0, 0.05) is 18.3 Å². The summed E-state index contributed by atoms with van der Waals surface area (Å²) in [7, 11) is -4.77. The highest BCUT2D eigenvalue weighted by molar-refractivity contribution is 7.70. The molecule has 0 saturated carbocycles. The van der Waals surface area contributed by atoms with E-state index in [9.17, 15) is 9.36 Å². The Kier molecular flexibility index (Phi) is 2.63. The van der Waals surface area contributed by atoms with Crippen molar-refractivity contribution in [1.82, 2.24) is 4.98 Å². The van der Waals surface area contributed by atoms with E-state index in [-0.39, 0.29) is 12.4 Å². The molecule has 1 aromatic rings. The maximum absolute atomic E-state index is 11.5. The molecule has 2 N–H and O–H groups in total. The van der Waals surface area contributed by atoms with Crippen LogP contribution in [0.4, 0.5) is 10.6 Å². The molecule has 0 spiro atoms. The van der Waals surface area contributed by atoms with Crippen LogP contribution in [-0.4, -0.2) is 27.0 Å². The number of carbonyl (C=O) groups excluding carboxylic acids is 1. The first-order valence-corrected chi connectivity index (χ1v) is 6.10. The van der Waals surface area contributed by atoms with Gasteiger partial charge in [-0.15, -0.1) is 0 Å². The summed E-state index contributed by atoms with van der Waals surface area (Å²) in [6.45, 7) is 0.119. The highest BCUT2D eigenvalue weighted by Gasteiger charge is 2.34. The van der Waals surface area contributed by atoms with Gasteiger partial charge in [-0.1, -0.05) is 12.2 Å². The second-order valence-corrected chi connectivity index (χ2v) is 4.73. The van der Waals surface area contributed by atoms with E-state index in [4.69, 9.17) is 9.79 Å². The molecule has 0 bridgehead atoms. The Balaban J connectivity index is 2.43. The van der Waals surface area contributed by atoms with Crippen molar-refractivity contribution in [3.05, 3.63) is 30.0 Å². The van der Waals surface area contributed by atoms with Crippen LogP contribution in [0.1, 0.15) is 5.56 Å². The van der Waals surface area contributed by atoms with E-state index in [0.29, 0.717) is 5.56 Å². The average Bonchev–Trinajstić information content (AvgIpc) is 2.26. The summed E-state index contributed by atoms with van der Waals surface area (Å²) in [6, 6.07) is 3.41. The zero-order valence-corrected chi connectivity index (χ0v) is 9.04. The number of hydrogen-bond donors (Lipinski definition) is 2. The summed E-state index contributed by atoms with van der Waals surface area (Å²) in [5.41, 5.74) is -0.563. The lowest BCUT2D eigenvalue weighted by atomic mass is 10.2. The lowest BCUT2D eigenvalue weighted by molar-refractivity contribution is 0.253. The van der Waals surface area contributed by atoms with Crippen LogP contribution in [0.2, 0.25) is 0 Å². The summed E-state index contributed by atoms with van der Waals surface area (Å²) in [6.07, 6.45) is 4.88. The van der Waals surface area contributed by atoms with Gasteiger partial charge in [0.25, 0.3) is 0 Å². The molecule has 0 aliphatic carbocycles. The lowest BCUT2D eigenvalue weighted by Crippen LogP contribution is -2.32. The number of rotatable bonds is 1. The van der Waals surface area contributed by atoms with Gasteiger partial charge in [-0.25, -0.2) is 9.55 Å². The van der Waals surface area contributed by atoms with Crippen molar-refractivity contribution in [3.63, 3.8) is 0 Å². The number of hydrogen-bond acceptors (Lipinski definition) is 3. The molecule has 0 atom stereocenters. The smallest absolute Gasteiger partial charge is 0.318 e. The van der Waals surface area contributed by atoms with Crippen molar-refractivity contribution in [3.8, 4) is 0 Å². The molecule has 7 heteroatoms. The van der Waals surface area contributed by atoms with Crippen molar-refractivity contribution in [2.24, 2.45) is 0 Å². The maximum Gasteiger partial charge on any atom is 0.413 e. The van der Waals surface area contributed by atoms with Crippen molar-refractivity contribution in [2.75, 3.05) is 11.4 Å². The molecule has 2 rings (SSSR count). The molecular formula is C9H9N2O4P. The van der Waals surface area contributed by atoms with Gasteiger partial charge >= 0.3 is 13.2 Å². The van der Waals surface area contributed by atoms with Crippen LogP contribution in [0.25, 0.3) is 6.08 Å². The van der Waals surface area contributed by atoms with Gasteiger partial charge in [-0.3, -0.25) is 9.69 Å². The first-order valence-electron chi connectivity index (χ1n) is 4.49. The topological polar surface area (TPSA) is 90.7 Å². The third-order valence-electron chi connectivity index (χ3n) is 2.14. The van der Waals surface area contributed by atoms with Gasteiger partial charge in [0.2, 0.25) is 0 Å². The fourth-order valence-electron chi connectivity index (χ4n) is 1.46. The minimum Gasteiger partial charge on any atom is -0.318 e. The maximum atomic E-state index is 11.5. The van der Waals surface area contributed by atoms with Gasteiger partial charge in [-0.05, 0) is 12.1 Å². The van der Waals surface area contributed by atoms with E-state index in [2.05, 4.69) is 4.98 Å². The number of amides is 1. The Morgan fingerprint density at radius 3 is 2.94 bits per heavy atom. The van der Waals surface area contributed by atoms with E-state index in [1.54, 1.807) is 24.3 Å². The third kappa shape index (κ3) is 1.90. The van der Waals surface area contributed by atoms with E-state index in [1.807, 2.05) is 0 Å². The molecule has 0 radical (unpaired) electrons. The van der Waals surface area contributed by atoms with E-state index in [0.717, 1.165) is 4.90 Å². The predicted octanol–water partition coefficient (Wildman–Crippen LogP) is 1.21. The van der Waals surface area contributed by atoms with Crippen molar-refractivity contribution >= 4 is 25.1 Å². The van der Waals surface area contributed by atoms with Gasteiger partial charge in [-0.2, -0.15) is 0 Å². The van der Waals surface area contributed by atoms with Crippen molar-refractivity contribution in [1.29, 1.82) is 0 Å². The van der Waals surface area contributed by atoms with Gasteiger partial charge in [0.05, 0.1) is 0 Å². The number of pyridine rings is 1. The van der Waals surface area contributed by atoms with Gasteiger partial charge in [0.1, 0.15) is 5.82 Å². The predicted molar refractivity (Wildman–Crippen MR) is 58.1 cm³/mol. The fraction of sp³-hybridized carbons (Fsp3) is 0.111. The molecule has 0 fully saturated rings. The minimum atomic E-state index is -4.77. The third-order valence-corrected chi connectivity index (χ3v) is 2.88. The summed E-state index contributed by atoms with van der Waals surface area (Å²) in [5, 5.41) is 0. The molecule has 1 aliphatic rings. The largest absolute Gasteiger partial charge is 0.413 e. The second-order valence-electron chi connectivity index (χ2n) is 3.26. The molecule has 0 unspecified atom stereocenters. The summed E-state index contributed by atoms with van der Waals surface area (Å²) >= 11 is 0. The first kappa shape index (κ1) is 11.0. The molecule has 16 heavy (non-hydrogen) atoms. The molecule has 6 nitrogen and oxygen atoms in total. The highest BCUT2D eigenvalue weighted by atomic mass is 31.2. The fourth-order valence-corrected chi connectivity index (χ4v) is 1.95. The zero-order chi connectivity index (χ0) is 11.8. The number of nitrogens with zero attached hydrogens (tertiary/aromatic N) is 2. The van der Waals surface area contributed by atoms with Crippen LogP contribution in [0.5, 0.6) is 0 Å². The zero-order valence-electron chi connectivity index (χ0n) is 8.15. The number of carbonyl (C=O) groups is 1. The number of aromatic nitrogens is 1. The van der Waals surface area contributed by atoms with Crippen LogP contribution < -0.4 is 4.90 Å². The van der Waals surface area contributed by atoms with Crippen LogP contribution in [0, 0.1) is 0 Å². The molecule has 1 aromatic heterocycles. The van der Waals surface area contributed by atoms with Gasteiger partial charge in [0.15, 0.2) is 0 Å². The monoisotopic (exact) mass is 240 g/mol. The summed E-state index contributed by atoms with van der Waals surface area (Å²) in [5.74, 6) is 0.276. The van der Waals surface area contributed by atoms with Crippen LogP contribution in [-0.2, 0) is 4.57 Å². The van der Waals surface area contributed by atoms with Crippen LogP contribution in [0.15, 0.2) is 24.4 Å². The van der Waals surface area contributed by atoms with E-state index in [1.165, 1.54) is 6.20 Å². The first-order chi connectivity index (χ1) is 7.50. The molecule has 84 valence electrons. The normalized spacial score (nSPS) is 14.8. The Morgan fingerprint density at radius 2 is 2.25 bits per heavy atom. The quantitative estimate of drug-likeness (QED) is 0.720. The SMILES string of the molecule is O=C(N1CC=Cc2cccnc21)P(=O)(O)O. The lowest BCUT2D eigenvalue weighted by Gasteiger charge is -2.24. The molecule has 2 heterocycles. The molecule has 1 aliphatic heterocycles. The Bertz CT molecular complexity index is 508. The molecular weight excluding hydrogens is 231 g/mol. The second kappa shape index (κ2) is 3.83. The Hall–Kier alpha value is -1.49. The average molecular weight is 240 g/mol. The highest BCUT2D eigenvalue weighted by Crippen LogP contribution is 2.40. The van der Waals surface area contributed by atoms with Crippen molar-refractivity contribution in [2.45, 2.75) is 0 Å². The summed E-state index contributed by atoms with van der Waals surface area (Å²) in [4.78, 5) is 34.1. The van der Waals surface area contributed by atoms with Gasteiger partial charge < -0.3 is 9.79 Å². The Morgan fingerprint density at radius 1 is 1.50 bits per heavy atom. The van der Waals surface area contributed by atoms with Crippen LogP contribution >= 0.6 is 7.60 Å². The minimum absolute atomic E-state index is 0.119. The number of fused-ring (bicyclic) bond motifs is 1. The van der Waals surface area contributed by atoms with Crippen LogP contribution in [0.3, 0.4) is 0 Å². The van der Waals surface area contributed by atoms with E-state index < -0.39 is 13.2 Å².